The summed E-state index contributed by atoms with van der Waals surface area (Å²) in [6.45, 7) is 11.7. The first-order valence-corrected chi connectivity index (χ1v) is 10.2. The molecule has 4 nitrogen and oxygen atoms in total. The zero-order chi connectivity index (χ0) is 16.4. The first kappa shape index (κ1) is 17.0. The number of ether oxygens (including phenoxy) is 2. The molecule has 3 fully saturated rings. The molecule has 0 N–H and O–H groups in total. The first-order valence-electron chi connectivity index (χ1n) is 9.40. The minimum atomic E-state index is 0.334. The summed E-state index contributed by atoms with van der Waals surface area (Å²) in [5.74, 6) is 0. The summed E-state index contributed by atoms with van der Waals surface area (Å²) in [5, 5.41) is 0. The Hall–Kier alpha value is -0.460. The summed E-state index contributed by atoms with van der Waals surface area (Å²) in [7, 11) is 0. The Morgan fingerprint density at radius 3 is 2.79 bits per heavy atom. The van der Waals surface area contributed by atoms with Crippen molar-refractivity contribution in [1.82, 2.24) is 9.80 Å². The fraction of sp³-hybridized carbons (Fsp3) is 0.789. The normalized spacial score (nSPS) is 30.9. The van der Waals surface area contributed by atoms with E-state index in [9.17, 15) is 0 Å². The van der Waals surface area contributed by atoms with Crippen molar-refractivity contribution >= 4 is 11.3 Å². The van der Waals surface area contributed by atoms with Gasteiger partial charge in [0.1, 0.15) is 0 Å². The molecule has 0 amide bonds. The van der Waals surface area contributed by atoms with E-state index in [4.69, 9.17) is 9.47 Å². The van der Waals surface area contributed by atoms with Gasteiger partial charge in [-0.15, -0.1) is 11.3 Å². The van der Waals surface area contributed by atoms with Gasteiger partial charge in [-0.3, -0.25) is 9.80 Å². The summed E-state index contributed by atoms with van der Waals surface area (Å²) in [6.07, 6.45) is 3.69. The number of likely N-dealkylation sites (tertiary alicyclic amines) is 1. The SMILES string of the molecule is Cc1ccc(CN2CCOCC3(CCN(C4CCOCC4)C3)C2)s1. The third-order valence-corrected chi connectivity index (χ3v) is 6.86. The number of hydrogen-bond donors (Lipinski definition) is 0. The van der Waals surface area contributed by atoms with Crippen molar-refractivity contribution in [3.63, 3.8) is 0 Å². The van der Waals surface area contributed by atoms with E-state index in [1.165, 1.54) is 48.7 Å². The molecule has 4 heterocycles. The monoisotopic (exact) mass is 350 g/mol. The molecule has 4 rings (SSSR count). The molecule has 0 radical (unpaired) electrons. The minimum absolute atomic E-state index is 0.334. The van der Waals surface area contributed by atoms with Crippen LogP contribution in [0.3, 0.4) is 0 Å². The zero-order valence-electron chi connectivity index (χ0n) is 14.8. The molecule has 0 aliphatic carbocycles. The highest BCUT2D eigenvalue weighted by molar-refractivity contribution is 7.11. The second-order valence-corrected chi connectivity index (χ2v) is 9.21. The zero-order valence-corrected chi connectivity index (χ0v) is 15.7. The average molecular weight is 351 g/mol. The third-order valence-electron chi connectivity index (χ3n) is 5.87. The molecule has 3 saturated heterocycles. The molecule has 3 aliphatic heterocycles. The molecular weight excluding hydrogens is 320 g/mol. The van der Waals surface area contributed by atoms with Crippen molar-refractivity contribution in [1.29, 1.82) is 0 Å². The number of rotatable bonds is 3. The van der Waals surface area contributed by atoms with Gasteiger partial charge >= 0.3 is 0 Å². The molecule has 134 valence electrons. The smallest absolute Gasteiger partial charge is 0.0593 e. The predicted octanol–water partition coefficient (Wildman–Crippen LogP) is 2.76. The van der Waals surface area contributed by atoms with Gasteiger partial charge < -0.3 is 9.47 Å². The van der Waals surface area contributed by atoms with Crippen LogP contribution in [0.4, 0.5) is 0 Å². The highest BCUT2D eigenvalue weighted by Gasteiger charge is 2.43. The number of aryl methyl sites for hydroxylation is 1. The van der Waals surface area contributed by atoms with Gasteiger partial charge in [-0.05, 0) is 44.9 Å². The van der Waals surface area contributed by atoms with E-state index in [1.807, 2.05) is 11.3 Å². The van der Waals surface area contributed by atoms with Crippen LogP contribution in [-0.2, 0) is 16.0 Å². The molecule has 0 saturated carbocycles. The Morgan fingerprint density at radius 2 is 2.00 bits per heavy atom. The maximum atomic E-state index is 6.05. The van der Waals surface area contributed by atoms with Gasteiger partial charge in [0.05, 0.1) is 13.2 Å². The number of hydrogen-bond acceptors (Lipinski definition) is 5. The Kier molecular flexibility index (Phi) is 5.25. The lowest BCUT2D eigenvalue weighted by molar-refractivity contribution is 0.0285. The Labute approximate surface area is 149 Å². The largest absolute Gasteiger partial charge is 0.381 e. The summed E-state index contributed by atoms with van der Waals surface area (Å²) in [5.41, 5.74) is 0.334. The van der Waals surface area contributed by atoms with E-state index in [0.717, 1.165) is 45.6 Å². The van der Waals surface area contributed by atoms with Crippen LogP contribution in [0.5, 0.6) is 0 Å². The molecule has 1 atom stereocenters. The third kappa shape index (κ3) is 3.86. The molecule has 1 aromatic rings. The van der Waals surface area contributed by atoms with Crippen LogP contribution in [0.25, 0.3) is 0 Å². The van der Waals surface area contributed by atoms with Crippen LogP contribution in [-0.4, -0.2) is 68.4 Å². The van der Waals surface area contributed by atoms with Crippen molar-refractivity contribution in [3.8, 4) is 0 Å². The quantitative estimate of drug-likeness (QED) is 0.837. The lowest BCUT2D eigenvalue weighted by atomic mass is 9.87. The molecule has 3 aliphatic rings. The minimum Gasteiger partial charge on any atom is -0.381 e. The van der Waals surface area contributed by atoms with Crippen molar-refractivity contribution < 1.29 is 9.47 Å². The van der Waals surface area contributed by atoms with E-state index in [0.29, 0.717) is 5.41 Å². The number of thiophene rings is 1. The fourth-order valence-electron chi connectivity index (χ4n) is 4.59. The van der Waals surface area contributed by atoms with Gasteiger partial charge in [-0.25, -0.2) is 0 Å². The van der Waals surface area contributed by atoms with Crippen LogP contribution in [0.2, 0.25) is 0 Å². The van der Waals surface area contributed by atoms with Gasteiger partial charge in [0.2, 0.25) is 0 Å². The van der Waals surface area contributed by atoms with E-state index >= 15 is 0 Å². The summed E-state index contributed by atoms with van der Waals surface area (Å²) >= 11 is 1.94. The first-order chi connectivity index (χ1) is 11.7. The summed E-state index contributed by atoms with van der Waals surface area (Å²) < 4.78 is 11.6. The van der Waals surface area contributed by atoms with E-state index in [1.54, 1.807) is 0 Å². The van der Waals surface area contributed by atoms with Crippen molar-refractivity contribution in [2.75, 3.05) is 52.6 Å². The molecule has 0 aromatic carbocycles. The second-order valence-electron chi connectivity index (χ2n) is 7.84. The van der Waals surface area contributed by atoms with Gasteiger partial charge in [0.25, 0.3) is 0 Å². The molecule has 24 heavy (non-hydrogen) atoms. The standard InChI is InChI=1S/C19H30N2O2S/c1-16-2-3-18(24-16)12-20-8-11-23-15-19(13-20)6-7-21(14-19)17-4-9-22-10-5-17/h2-3,17H,4-15H2,1H3. The van der Waals surface area contributed by atoms with Crippen LogP contribution >= 0.6 is 11.3 Å². The van der Waals surface area contributed by atoms with Crippen LogP contribution < -0.4 is 0 Å². The molecular formula is C19H30N2O2S. The van der Waals surface area contributed by atoms with E-state index in [2.05, 4.69) is 28.9 Å². The Balaban J connectivity index is 1.40. The van der Waals surface area contributed by atoms with Crippen LogP contribution in [0.15, 0.2) is 12.1 Å². The molecule has 0 bridgehead atoms. The average Bonchev–Trinajstić information content (AvgIpc) is 3.13. The molecule has 1 aromatic heterocycles. The van der Waals surface area contributed by atoms with Crippen LogP contribution in [0.1, 0.15) is 29.0 Å². The van der Waals surface area contributed by atoms with E-state index < -0.39 is 0 Å². The highest BCUT2D eigenvalue weighted by Crippen LogP contribution is 2.36. The van der Waals surface area contributed by atoms with E-state index in [-0.39, 0.29) is 0 Å². The maximum absolute atomic E-state index is 6.05. The maximum Gasteiger partial charge on any atom is 0.0593 e. The summed E-state index contributed by atoms with van der Waals surface area (Å²) in [6, 6.07) is 5.27. The van der Waals surface area contributed by atoms with Crippen molar-refractivity contribution in [2.24, 2.45) is 5.41 Å². The molecule has 1 unspecified atom stereocenters. The molecule has 1 spiro atoms. The van der Waals surface area contributed by atoms with Gasteiger partial charge in [0.15, 0.2) is 0 Å². The van der Waals surface area contributed by atoms with Crippen LogP contribution in [0, 0.1) is 12.3 Å². The van der Waals surface area contributed by atoms with Gasteiger partial charge in [-0.1, -0.05) is 0 Å². The van der Waals surface area contributed by atoms with Crippen molar-refractivity contribution in [2.45, 2.75) is 38.8 Å². The fourth-order valence-corrected chi connectivity index (χ4v) is 5.52. The van der Waals surface area contributed by atoms with Crippen molar-refractivity contribution in [3.05, 3.63) is 21.9 Å². The van der Waals surface area contributed by atoms with Gasteiger partial charge in [-0.2, -0.15) is 0 Å². The lowest BCUT2D eigenvalue weighted by Gasteiger charge is -2.35. The Bertz CT molecular complexity index is 543. The summed E-state index contributed by atoms with van der Waals surface area (Å²) in [4.78, 5) is 8.26. The lowest BCUT2D eigenvalue weighted by Crippen LogP contribution is -2.43. The topological polar surface area (TPSA) is 24.9 Å². The number of nitrogens with zero attached hydrogens (tertiary/aromatic N) is 2. The highest BCUT2D eigenvalue weighted by atomic mass is 32.1. The second kappa shape index (κ2) is 7.42. The Morgan fingerprint density at radius 1 is 1.12 bits per heavy atom. The predicted molar refractivity (Wildman–Crippen MR) is 97.6 cm³/mol. The molecule has 5 heteroatoms. The van der Waals surface area contributed by atoms with Gasteiger partial charge in [0, 0.05) is 60.6 Å².